The van der Waals surface area contributed by atoms with Gasteiger partial charge in [0.25, 0.3) is 0 Å². The van der Waals surface area contributed by atoms with Crippen molar-refractivity contribution < 1.29 is 0 Å². The Morgan fingerprint density at radius 3 is 2.12 bits per heavy atom. The van der Waals surface area contributed by atoms with E-state index >= 15 is 0 Å². The highest BCUT2D eigenvalue weighted by Gasteiger charge is 2.22. The van der Waals surface area contributed by atoms with E-state index in [4.69, 9.17) is 4.99 Å². The SMILES string of the molecule is CC1=CC(C)=N/C1=C(/c1ccc(-c2ccc(-c3ccc(N(C)C)cc3)s2)s1)c1[nH]c(C)cc1C. The van der Waals surface area contributed by atoms with E-state index in [2.05, 4.69) is 112 Å². The molecule has 1 aliphatic heterocycles. The summed E-state index contributed by atoms with van der Waals surface area (Å²) in [5.41, 5.74) is 10.6. The highest BCUT2D eigenvalue weighted by Crippen LogP contribution is 2.43. The maximum atomic E-state index is 4.91. The van der Waals surface area contributed by atoms with Crippen molar-refractivity contribution in [2.24, 2.45) is 4.99 Å². The summed E-state index contributed by atoms with van der Waals surface area (Å²) in [6.45, 7) is 8.51. The third-order valence-corrected chi connectivity index (χ3v) is 8.53. The number of hydrogen-bond acceptors (Lipinski definition) is 4. The Hall–Kier alpha value is -3.15. The number of allylic oxidation sites excluding steroid dienone is 2. The minimum Gasteiger partial charge on any atom is -0.378 e. The van der Waals surface area contributed by atoms with Crippen molar-refractivity contribution in [3.63, 3.8) is 0 Å². The van der Waals surface area contributed by atoms with E-state index in [0.29, 0.717) is 0 Å². The molecule has 0 radical (unpaired) electrons. The quantitative estimate of drug-likeness (QED) is 0.304. The van der Waals surface area contributed by atoms with Crippen LogP contribution in [0.4, 0.5) is 5.69 Å². The standard InChI is InChI=1S/C29H29N3S2/c1-17-15-19(3)30-28(17)27(29-18(2)16-20(4)31-29)26-14-13-25(34-26)24-12-11-23(33-24)21-7-9-22(10-8-21)32(5)6/h7-16,30H,1-6H3/b29-27-. The summed E-state index contributed by atoms with van der Waals surface area (Å²) < 4.78 is 0. The molecule has 3 nitrogen and oxygen atoms in total. The molecule has 0 fully saturated rings. The lowest BCUT2D eigenvalue weighted by Gasteiger charge is -2.12. The zero-order chi connectivity index (χ0) is 24.0. The number of nitrogens with zero attached hydrogens (tertiary/aromatic N) is 2. The summed E-state index contributed by atoms with van der Waals surface area (Å²) in [4.78, 5) is 15.7. The normalized spacial score (nSPS) is 14.9. The van der Waals surface area contributed by atoms with Gasteiger partial charge in [0.05, 0.1) is 11.4 Å². The van der Waals surface area contributed by atoms with Gasteiger partial charge >= 0.3 is 0 Å². The second-order valence-corrected chi connectivity index (χ2v) is 11.3. The molecule has 0 amide bonds. The van der Waals surface area contributed by atoms with Crippen LogP contribution in [0.5, 0.6) is 0 Å². The Morgan fingerprint density at radius 1 is 0.824 bits per heavy atom. The van der Waals surface area contributed by atoms with Crippen LogP contribution < -0.4 is 4.90 Å². The van der Waals surface area contributed by atoms with Crippen molar-refractivity contribution in [2.75, 3.05) is 19.0 Å². The van der Waals surface area contributed by atoms with Gasteiger partial charge in [0.15, 0.2) is 0 Å². The summed E-state index contributed by atoms with van der Waals surface area (Å²) in [6.07, 6.45) is 2.17. The molecule has 0 saturated carbocycles. The molecule has 0 saturated heterocycles. The van der Waals surface area contributed by atoms with Crippen molar-refractivity contribution in [2.45, 2.75) is 27.7 Å². The molecule has 4 aromatic rings. The molecule has 4 heterocycles. The average molecular weight is 484 g/mol. The molecular weight excluding hydrogens is 454 g/mol. The zero-order valence-corrected chi connectivity index (χ0v) is 22.1. The van der Waals surface area contributed by atoms with E-state index in [-0.39, 0.29) is 0 Å². The molecule has 5 rings (SSSR count). The third kappa shape index (κ3) is 4.22. The number of aryl methyl sites for hydroxylation is 2. The molecule has 0 spiro atoms. The molecule has 0 unspecified atom stereocenters. The van der Waals surface area contributed by atoms with Crippen LogP contribution in [0.1, 0.15) is 35.7 Å². The molecule has 172 valence electrons. The van der Waals surface area contributed by atoms with Crippen LogP contribution in [-0.4, -0.2) is 24.8 Å². The highest BCUT2D eigenvalue weighted by molar-refractivity contribution is 7.24. The first-order chi connectivity index (χ1) is 16.3. The van der Waals surface area contributed by atoms with E-state index < -0.39 is 0 Å². The van der Waals surface area contributed by atoms with E-state index in [1.54, 1.807) is 0 Å². The molecule has 5 heteroatoms. The number of aliphatic imine (C=N–C) groups is 1. The predicted octanol–water partition coefficient (Wildman–Crippen LogP) is 8.33. The summed E-state index contributed by atoms with van der Waals surface area (Å²) in [5.74, 6) is 0. The van der Waals surface area contributed by atoms with Crippen LogP contribution in [0.25, 0.3) is 25.8 Å². The lowest BCUT2D eigenvalue weighted by Crippen LogP contribution is -2.07. The van der Waals surface area contributed by atoms with Gasteiger partial charge < -0.3 is 9.88 Å². The van der Waals surface area contributed by atoms with E-state index in [1.807, 2.05) is 22.7 Å². The van der Waals surface area contributed by atoms with Gasteiger partial charge in [-0.25, -0.2) is 0 Å². The minimum atomic E-state index is 1.06. The fraction of sp³-hybridized carbons (Fsp3) is 0.207. The van der Waals surface area contributed by atoms with Crippen molar-refractivity contribution >= 4 is 39.6 Å². The topological polar surface area (TPSA) is 31.4 Å². The Morgan fingerprint density at radius 2 is 1.50 bits per heavy atom. The first kappa shape index (κ1) is 22.6. The Kier molecular flexibility index (Phi) is 5.92. The number of nitrogens with one attached hydrogen (secondary N) is 1. The van der Waals surface area contributed by atoms with Crippen molar-refractivity contribution in [1.29, 1.82) is 0 Å². The molecular formula is C29H29N3S2. The first-order valence-electron chi connectivity index (χ1n) is 11.4. The first-order valence-corrected chi connectivity index (χ1v) is 13.1. The van der Waals surface area contributed by atoms with Crippen LogP contribution in [0, 0.1) is 13.8 Å². The van der Waals surface area contributed by atoms with E-state index in [1.165, 1.54) is 58.9 Å². The average Bonchev–Trinajstić information content (AvgIpc) is 3.57. The predicted molar refractivity (Wildman–Crippen MR) is 151 cm³/mol. The number of H-pyrrole nitrogens is 1. The van der Waals surface area contributed by atoms with Gasteiger partial charge in [-0.05, 0) is 92.9 Å². The molecule has 3 aromatic heterocycles. The molecule has 1 N–H and O–H groups in total. The van der Waals surface area contributed by atoms with Crippen molar-refractivity contribution in [3.8, 4) is 20.2 Å². The van der Waals surface area contributed by atoms with Crippen molar-refractivity contribution in [1.82, 2.24) is 4.98 Å². The smallest absolute Gasteiger partial charge is 0.0770 e. The lowest BCUT2D eigenvalue weighted by molar-refractivity contribution is 1.13. The summed E-state index contributed by atoms with van der Waals surface area (Å²) in [5, 5.41) is 0. The Labute approximate surface area is 209 Å². The lowest BCUT2D eigenvalue weighted by atomic mass is 10.0. The van der Waals surface area contributed by atoms with Gasteiger partial charge in [-0.2, -0.15) is 0 Å². The number of aromatic nitrogens is 1. The molecule has 1 aliphatic rings. The Balaban J connectivity index is 1.53. The van der Waals surface area contributed by atoms with Gasteiger partial charge in [0, 0.05) is 56.3 Å². The van der Waals surface area contributed by atoms with Crippen LogP contribution >= 0.6 is 22.7 Å². The highest BCUT2D eigenvalue weighted by atomic mass is 32.1. The van der Waals surface area contributed by atoms with Gasteiger partial charge in [0.2, 0.25) is 0 Å². The number of thiophene rings is 2. The number of benzene rings is 1. The zero-order valence-electron chi connectivity index (χ0n) is 20.5. The number of anilines is 1. The van der Waals surface area contributed by atoms with Crippen LogP contribution in [0.3, 0.4) is 0 Å². The molecule has 1 aromatic carbocycles. The van der Waals surface area contributed by atoms with Crippen LogP contribution in [-0.2, 0) is 0 Å². The number of hydrogen-bond donors (Lipinski definition) is 1. The monoisotopic (exact) mass is 483 g/mol. The van der Waals surface area contributed by atoms with Gasteiger partial charge in [-0.3, -0.25) is 4.99 Å². The number of rotatable bonds is 5. The fourth-order valence-electron chi connectivity index (χ4n) is 4.43. The second-order valence-electron chi connectivity index (χ2n) is 9.08. The molecule has 0 aliphatic carbocycles. The summed E-state index contributed by atoms with van der Waals surface area (Å²) in [6, 6.07) is 20.0. The molecule has 0 atom stereocenters. The largest absolute Gasteiger partial charge is 0.378 e. The maximum absolute atomic E-state index is 4.91. The summed E-state index contributed by atoms with van der Waals surface area (Å²) in [7, 11) is 4.14. The van der Waals surface area contributed by atoms with E-state index in [9.17, 15) is 0 Å². The minimum absolute atomic E-state index is 1.06. The van der Waals surface area contributed by atoms with Gasteiger partial charge in [0.1, 0.15) is 0 Å². The fourth-order valence-corrected chi connectivity index (χ4v) is 6.59. The molecule has 34 heavy (non-hydrogen) atoms. The summed E-state index contributed by atoms with van der Waals surface area (Å²) >= 11 is 3.69. The van der Waals surface area contributed by atoms with Gasteiger partial charge in [-0.1, -0.05) is 12.1 Å². The Bertz CT molecular complexity index is 1450. The van der Waals surface area contributed by atoms with Gasteiger partial charge in [-0.15, -0.1) is 22.7 Å². The van der Waals surface area contributed by atoms with Crippen LogP contribution in [0.2, 0.25) is 0 Å². The third-order valence-electron chi connectivity index (χ3n) is 6.09. The second kappa shape index (κ2) is 8.90. The number of aromatic amines is 1. The van der Waals surface area contributed by atoms with Crippen LogP contribution in [0.15, 0.2) is 76.9 Å². The van der Waals surface area contributed by atoms with E-state index in [0.717, 1.165) is 11.4 Å². The molecule has 0 bridgehead atoms. The van der Waals surface area contributed by atoms with Crippen molar-refractivity contribution in [3.05, 3.63) is 93.8 Å². The maximum Gasteiger partial charge on any atom is 0.0770 e.